The zero-order chi connectivity index (χ0) is 18.8. The standard InChI is InChI=1S/C19H23FN2O3S/c20-18-10-8-17(9-11-18)12-13-21-19(23)15-22-26(24,25)14-4-7-16-5-2-1-3-6-16/h1-3,5-6,8-11,22H,4,7,12-15H2,(H,21,23). The molecule has 0 saturated heterocycles. The van der Waals surface area contributed by atoms with E-state index in [-0.39, 0.29) is 18.1 Å². The van der Waals surface area contributed by atoms with Gasteiger partial charge in [-0.15, -0.1) is 0 Å². The van der Waals surface area contributed by atoms with Crippen LogP contribution in [0.25, 0.3) is 0 Å². The van der Waals surface area contributed by atoms with Crippen molar-refractivity contribution in [3.8, 4) is 0 Å². The number of nitrogens with one attached hydrogen (secondary N) is 2. The van der Waals surface area contributed by atoms with Gasteiger partial charge in [0.25, 0.3) is 0 Å². The number of aryl methyl sites for hydroxylation is 1. The SMILES string of the molecule is O=C(CNS(=O)(=O)CCCc1ccccc1)NCCc1ccc(F)cc1. The summed E-state index contributed by atoms with van der Waals surface area (Å²) in [7, 11) is -3.48. The van der Waals surface area contributed by atoms with Gasteiger partial charge in [-0.1, -0.05) is 42.5 Å². The molecule has 1 amide bonds. The van der Waals surface area contributed by atoms with E-state index in [9.17, 15) is 17.6 Å². The molecule has 0 aliphatic carbocycles. The molecular formula is C19H23FN2O3S. The minimum atomic E-state index is -3.48. The summed E-state index contributed by atoms with van der Waals surface area (Å²) >= 11 is 0. The molecule has 2 aromatic carbocycles. The van der Waals surface area contributed by atoms with Gasteiger partial charge >= 0.3 is 0 Å². The number of carbonyl (C=O) groups excluding carboxylic acids is 1. The lowest BCUT2D eigenvalue weighted by Gasteiger charge is -2.08. The maximum Gasteiger partial charge on any atom is 0.235 e. The Kier molecular flexibility index (Phi) is 7.74. The van der Waals surface area contributed by atoms with Crippen molar-refractivity contribution in [2.24, 2.45) is 0 Å². The zero-order valence-electron chi connectivity index (χ0n) is 14.4. The summed E-state index contributed by atoms with van der Waals surface area (Å²) in [4.78, 5) is 11.7. The van der Waals surface area contributed by atoms with Crippen LogP contribution in [0.3, 0.4) is 0 Å². The average molecular weight is 378 g/mol. The fourth-order valence-corrected chi connectivity index (χ4v) is 3.44. The molecule has 0 fully saturated rings. The van der Waals surface area contributed by atoms with E-state index in [1.807, 2.05) is 30.3 Å². The van der Waals surface area contributed by atoms with Gasteiger partial charge in [-0.25, -0.2) is 17.5 Å². The van der Waals surface area contributed by atoms with E-state index in [0.29, 0.717) is 25.8 Å². The predicted octanol–water partition coefficient (Wildman–Crippen LogP) is 2.04. The van der Waals surface area contributed by atoms with Crippen molar-refractivity contribution < 1.29 is 17.6 Å². The molecule has 0 bridgehead atoms. The monoisotopic (exact) mass is 378 g/mol. The minimum absolute atomic E-state index is 0.0231. The van der Waals surface area contributed by atoms with Gasteiger partial charge in [0.05, 0.1) is 12.3 Å². The highest BCUT2D eigenvalue weighted by molar-refractivity contribution is 7.89. The predicted molar refractivity (Wildman–Crippen MR) is 99.7 cm³/mol. The highest BCUT2D eigenvalue weighted by Crippen LogP contribution is 2.04. The summed E-state index contributed by atoms with van der Waals surface area (Å²) in [5.41, 5.74) is 1.98. The Morgan fingerprint density at radius 1 is 0.923 bits per heavy atom. The van der Waals surface area contributed by atoms with Crippen LogP contribution in [-0.4, -0.2) is 33.2 Å². The largest absolute Gasteiger partial charge is 0.355 e. The third-order valence-corrected chi connectivity index (χ3v) is 5.23. The third-order valence-electron chi connectivity index (χ3n) is 3.82. The number of hydrogen-bond donors (Lipinski definition) is 2. The number of rotatable bonds is 10. The second kappa shape index (κ2) is 10.0. The van der Waals surface area contributed by atoms with Gasteiger partial charge in [0.2, 0.25) is 15.9 Å². The van der Waals surface area contributed by atoms with Crippen molar-refractivity contribution in [1.82, 2.24) is 10.0 Å². The Morgan fingerprint density at radius 3 is 2.27 bits per heavy atom. The second-order valence-corrected chi connectivity index (χ2v) is 7.88. The van der Waals surface area contributed by atoms with Crippen molar-refractivity contribution in [1.29, 1.82) is 0 Å². The normalized spacial score (nSPS) is 11.3. The molecule has 26 heavy (non-hydrogen) atoms. The van der Waals surface area contributed by atoms with E-state index < -0.39 is 15.9 Å². The van der Waals surface area contributed by atoms with E-state index in [1.54, 1.807) is 12.1 Å². The number of hydrogen-bond acceptors (Lipinski definition) is 3. The quantitative estimate of drug-likeness (QED) is 0.664. The van der Waals surface area contributed by atoms with Crippen molar-refractivity contribution in [3.63, 3.8) is 0 Å². The van der Waals surface area contributed by atoms with Gasteiger partial charge in [-0.05, 0) is 42.5 Å². The smallest absolute Gasteiger partial charge is 0.235 e. The highest BCUT2D eigenvalue weighted by Gasteiger charge is 2.12. The molecule has 140 valence electrons. The molecule has 0 radical (unpaired) electrons. The van der Waals surface area contributed by atoms with Crippen LogP contribution in [0.1, 0.15) is 17.5 Å². The number of carbonyl (C=O) groups is 1. The molecule has 7 heteroatoms. The Hall–Kier alpha value is -2.25. The van der Waals surface area contributed by atoms with Crippen LogP contribution in [0, 0.1) is 5.82 Å². The molecule has 2 aromatic rings. The molecule has 2 N–H and O–H groups in total. The van der Waals surface area contributed by atoms with Gasteiger partial charge in [0, 0.05) is 6.54 Å². The molecule has 0 aliphatic rings. The fourth-order valence-electron chi connectivity index (χ4n) is 2.42. The van der Waals surface area contributed by atoms with E-state index in [4.69, 9.17) is 0 Å². The topological polar surface area (TPSA) is 75.3 Å². The van der Waals surface area contributed by atoms with Crippen LogP contribution in [0.4, 0.5) is 4.39 Å². The first kappa shape index (κ1) is 20.1. The maximum absolute atomic E-state index is 12.8. The molecule has 0 unspecified atom stereocenters. The lowest BCUT2D eigenvalue weighted by molar-refractivity contribution is -0.119. The van der Waals surface area contributed by atoms with Crippen LogP contribution in [0.15, 0.2) is 54.6 Å². The van der Waals surface area contributed by atoms with Crippen molar-refractivity contribution in [2.45, 2.75) is 19.3 Å². The van der Waals surface area contributed by atoms with E-state index in [2.05, 4.69) is 10.0 Å². The van der Waals surface area contributed by atoms with Crippen LogP contribution in [-0.2, 0) is 27.7 Å². The molecule has 5 nitrogen and oxygen atoms in total. The number of amides is 1. The maximum atomic E-state index is 12.8. The van der Waals surface area contributed by atoms with E-state index >= 15 is 0 Å². The van der Waals surface area contributed by atoms with Crippen LogP contribution in [0.5, 0.6) is 0 Å². The van der Waals surface area contributed by atoms with Crippen LogP contribution >= 0.6 is 0 Å². The van der Waals surface area contributed by atoms with Gasteiger partial charge in [-0.3, -0.25) is 4.79 Å². The first-order chi connectivity index (χ1) is 12.4. The second-order valence-electron chi connectivity index (χ2n) is 5.96. The molecule has 0 atom stereocenters. The summed E-state index contributed by atoms with van der Waals surface area (Å²) in [6, 6.07) is 15.7. The Bertz CT molecular complexity index is 793. The number of halogens is 1. The Balaban J connectivity index is 1.63. The summed E-state index contributed by atoms with van der Waals surface area (Å²) < 4.78 is 39.0. The highest BCUT2D eigenvalue weighted by atomic mass is 32.2. The Labute approximate surface area is 153 Å². The van der Waals surface area contributed by atoms with Crippen LogP contribution in [0.2, 0.25) is 0 Å². The van der Waals surface area contributed by atoms with Gasteiger partial charge in [0.1, 0.15) is 5.82 Å². The summed E-state index contributed by atoms with van der Waals surface area (Å²) in [5.74, 6) is -0.719. The van der Waals surface area contributed by atoms with Crippen molar-refractivity contribution >= 4 is 15.9 Å². The summed E-state index contributed by atoms with van der Waals surface area (Å²) in [5, 5.41) is 2.64. The lowest BCUT2D eigenvalue weighted by atomic mass is 10.1. The van der Waals surface area contributed by atoms with E-state index in [1.165, 1.54) is 12.1 Å². The summed E-state index contributed by atoms with van der Waals surface area (Å²) in [6.45, 7) is 0.0806. The van der Waals surface area contributed by atoms with Gasteiger partial charge < -0.3 is 5.32 Å². The lowest BCUT2D eigenvalue weighted by Crippen LogP contribution is -2.38. The average Bonchev–Trinajstić information content (AvgIpc) is 2.63. The molecule has 0 aromatic heterocycles. The zero-order valence-corrected chi connectivity index (χ0v) is 15.3. The van der Waals surface area contributed by atoms with Gasteiger partial charge in [0.15, 0.2) is 0 Å². The number of benzene rings is 2. The van der Waals surface area contributed by atoms with E-state index in [0.717, 1.165) is 11.1 Å². The molecule has 0 heterocycles. The molecule has 2 rings (SSSR count). The molecule has 0 aliphatic heterocycles. The van der Waals surface area contributed by atoms with Gasteiger partial charge in [-0.2, -0.15) is 0 Å². The fraction of sp³-hybridized carbons (Fsp3) is 0.316. The third kappa shape index (κ3) is 7.76. The molecule has 0 spiro atoms. The molecular weight excluding hydrogens is 355 g/mol. The summed E-state index contributed by atoms with van der Waals surface area (Å²) in [6.07, 6.45) is 1.72. The minimum Gasteiger partial charge on any atom is -0.355 e. The van der Waals surface area contributed by atoms with Crippen molar-refractivity contribution in [3.05, 3.63) is 71.5 Å². The first-order valence-electron chi connectivity index (χ1n) is 8.47. The molecule has 0 saturated carbocycles. The number of sulfonamides is 1. The Morgan fingerprint density at radius 2 is 1.58 bits per heavy atom. The van der Waals surface area contributed by atoms with Crippen molar-refractivity contribution in [2.75, 3.05) is 18.8 Å². The first-order valence-corrected chi connectivity index (χ1v) is 10.1. The van der Waals surface area contributed by atoms with Crippen LogP contribution < -0.4 is 10.0 Å².